The number of fused-ring (bicyclic) bond motifs is 1. The molecule has 2 aromatic carbocycles. The number of hydrogen-bond acceptors (Lipinski definition) is 5. The monoisotopic (exact) mass is 503 g/mol. The van der Waals surface area contributed by atoms with E-state index < -0.39 is 17.4 Å². The van der Waals surface area contributed by atoms with Gasteiger partial charge in [0.25, 0.3) is 0 Å². The van der Waals surface area contributed by atoms with E-state index in [9.17, 15) is 14.4 Å². The van der Waals surface area contributed by atoms with Crippen LogP contribution >= 0.6 is 22.6 Å². The van der Waals surface area contributed by atoms with Gasteiger partial charge in [0.15, 0.2) is 0 Å². The Balaban J connectivity index is 0. The van der Waals surface area contributed by atoms with E-state index in [2.05, 4.69) is 9.40 Å². The number of benzene rings is 2. The molecule has 0 aliphatic carbocycles. The van der Waals surface area contributed by atoms with Crippen molar-refractivity contribution in [3.8, 4) is 0 Å². The summed E-state index contributed by atoms with van der Waals surface area (Å²) in [5.74, 6) is -1.69. The molecule has 0 radical (unpaired) electrons. The van der Waals surface area contributed by atoms with Crippen LogP contribution in [0.3, 0.4) is 0 Å². The van der Waals surface area contributed by atoms with Gasteiger partial charge in [-0.2, -0.15) is 0 Å². The molecule has 8 heteroatoms. The Labute approximate surface area is 179 Å². The molecule has 1 heterocycles. The summed E-state index contributed by atoms with van der Waals surface area (Å²) in [4.78, 5) is 35.5. The average Bonchev–Trinajstić information content (AvgIpc) is 2.55. The van der Waals surface area contributed by atoms with Crippen LogP contribution in [0.2, 0.25) is 0 Å². The van der Waals surface area contributed by atoms with Gasteiger partial charge in [-0.05, 0) is 42.0 Å². The molecule has 0 spiro atoms. The average molecular weight is 503 g/mol. The number of halogens is 1. The highest BCUT2D eigenvalue weighted by Gasteiger charge is 2.09. The zero-order valence-corrected chi connectivity index (χ0v) is 16.4. The third-order valence-electron chi connectivity index (χ3n) is 3.42. The fourth-order valence-electron chi connectivity index (χ4n) is 2.30. The number of aromatic nitrogens is 1. The predicted octanol–water partition coefficient (Wildman–Crippen LogP) is 4.39. The van der Waals surface area contributed by atoms with Gasteiger partial charge in [0.05, 0.1) is 16.5 Å². The zero-order chi connectivity index (χ0) is 20.6. The lowest BCUT2D eigenvalue weighted by Gasteiger charge is -2.02. The second-order valence-electron chi connectivity index (χ2n) is 5.14. The number of nitrogens with two attached hydrogens (primary N) is 1. The molecule has 28 heavy (non-hydrogen) atoms. The predicted molar refractivity (Wildman–Crippen MR) is 124 cm³/mol. The maximum atomic E-state index is 11.2. The first-order valence-corrected chi connectivity index (χ1v) is 8.81. The topological polar surface area (TPSA) is 126 Å². The minimum atomic E-state index is -0.972. The summed E-state index contributed by atoms with van der Waals surface area (Å²) < 4.78 is 10.6. The van der Waals surface area contributed by atoms with Crippen molar-refractivity contribution in [2.24, 2.45) is 0 Å². The molecule has 0 fully saturated rings. The summed E-state index contributed by atoms with van der Waals surface area (Å²) in [5.41, 5.74) is 7.37. The van der Waals surface area contributed by atoms with Crippen molar-refractivity contribution in [2.75, 3.05) is 10.6 Å². The van der Waals surface area contributed by atoms with Crippen LogP contribution in [-0.4, -0.2) is 21.0 Å². The molecule has 7 nitrogen and oxygen atoms in total. The Bertz CT molecular complexity index is 1030. The van der Waals surface area contributed by atoms with Crippen LogP contribution in [0.25, 0.3) is 10.9 Å². The largest absolute Gasteiger partial charge is 0.478 e. The Morgan fingerprint density at radius 1 is 1.14 bits per heavy atom. The smallest absolute Gasteiger partial charge is 0.419 e. The first kappa shape index (κ1) is 25.4. The van der Waals surface area contributed by atoms with E-state index in [4.69, 9.17) is 12.2 Å². The van der Waals surface area contributed by atoms with Gasteiger partial charge in [-0.15, -0.1) is 0 Å². The van der Waals surface area contributed by atoms with Crippen molar-refractivity contribution in [2.45, 2.75) is 28.7 Å². The lowest BCUT2D eigenvalue weighted by molar-refractivity contribution is 0.0697. The number of aryl methyl sites for hydroxylation is 2. The molecule has 3 aromatic rings. The van der Waals surface area contributed by atoms with Crippen LogP contribution in [0.4, 0.5) is 5.69 Å². The highest BCUT2D eigenvalue weighted by molar-refractivity contribution is 14.1. The third kappa shape index (κ3) is 6.84. The van der Waals surface area contributed by atoms with Crippen molar-refractivity contribution in [1.29, 1.82) is 0 Å². The van der Waals surface area contributed by atoms with Crippen LogP contribution in [0, 0.1) is 13.8 Å². The second-order valence-corrected chi connectivity index (χ2v) is 5.14. The summed E-state index contributed by atoms with van der Waals surface area (Å²) in [6.45, 7) is 3.51. The lowest BCUT2D eigenvalue weighted by Crippen LogP contribution is -2.15. The molecule has 154 valence electrons. The standard InChI is InChI=1S/C9H7NO3.C8H9NO2.CH3I.2CH4/c1-5-3-2-4-6-7(5)8(11)13-9(12)10-6;1-5-3-2-4-6(9)7(5)8(10)11;1-2;;/h2-4H,1H3,(H,10,12);2-4H,9H2,1H3,(H,10,11);1H3;2*1H4/i;;1D;;. The van der Waals surface area contributed by atoms with Crippen molar-refractivity contribution >= 4 is 45.2 Å². The summed E-state index contributed by atoms with van der Waals surface area (Å²) in [7, 11) is 0. The molecule has 4 N–H and O–H groups in total. The number of carboxylic acid groups (broad SMARTS) is 1. The highest BCUT2D eigenvalue weighted by Crippen LogP contribution is 2.15. The number of aromatic carboxylic acids is 1. The quantitative estimate of drug-likeness (QED) is 0.257. The van der Waals surface area contributed by atoms with E-state index in [1.807, 2.05) is 22.6 Å². The van der Waals surface area contributed by atoms with Crippen molar-refractivity contribution < 1.29 is 15.7 Å². The molecule has 0 saturated heterocycles. The van der Waals surface area contributed by atoms with Crippen LogP contribution in [0.1, 0.15) is 37.7 Å². The molecule has 1 aromatic heterocycles. The SMILES string of the molecule is C.C.Cc1cccc(N)c1C(=O)O.Cc1cccc2[nH]c(=O)oc(=O)c12.[2H]CI. The molecule has 0 aliphatic rings. The number of aromatic amines is 1. The Morgan fingerprint density at radius 3 is 2.18 bits per heavy atom. The van der Waals surface area contributed by atoms with Crippen LogP contribution in [0.15, 0.2) is 50.4 Å². The lowest BCUT2D eigenvalue weighted by atomic mass is 10.1. The highest BCUT2D eigenvalue weighted by atomic mass is 127. The van der Waals surface area contributed by atoms with E-state index in [0.717, 1.165) is 5.56 Å². The summed E-state index contributed by atoms with van der Waals surface area (Å²) in [5, 5.41) is 9.10. The van der Waals surface area contributed by atoms with Gasteiger partial charge in [-0.3, -0.25) is 4.98 Å². The Morgan fingerprint density at radius 2 is 1.68 bits per heavy atom. The summed E-state index contributed by atoms with van der Waals surface area (Å²) >= 11 is 1.96. The number of nitrogen functional groups attached to an aromatic ring is 1. The second kappa shape index (κ2) is 12.7. The number of nitrogens with one attached hydrogen (secondary N) is 1. The maximum absolute atomic E-state index is 11.2. The molecule has 0 unspecified atom stereocenters. The van der Waals surface area contributed by atoms with Crippen molar-refractivity contribution in [3.05, 3.63) is 74.1 Å². The number of carbonyl (C=O) groups is 1. The minimum absolute atomic E-state index is 0. The van der Waals surface area contributed by atoms with E-state index in [0.29, 0.717) is 27.1 Å². The molecular weight excluding hydrogens is 475 g/mol. The Hall–Kier alpha value is -2.62. The molecule has 0 atom stereocenters. The maximum Gasteiger partial charge on any atom is 0.419 e. The van der Waals surface area contributed by atoms with Crippen molar-refractivity contribution in [3.63, 3.8) is 0 Å². The minimum Gasteiger partial charge on any atom is -0.478 e. The number of carboxylic acids is 1. The normalized spacial score (nSPS) is 9.32. The van der Waals surface area contributed by atoms with Gasteiger partial charge in [-0.25, -0.2) is 14.4 Å². The molecule has 3 rings (SSSR count). The zero-order valence-electron chi connectivity index (χ0n) is 15.2. The van der Waals surface area contributed by atoms with Crippen LogP contribution in [-0.2, 0) is 0 Å². The summed E-state index contributed by atoms with van der Waals surface area (Å²) in [6, 6.07) is 10.3. The molecule has 0 aliphatic heterocycles. The summed E-state index contributed by atoms with van der Waals surface area (Å²) in [6.07, 6.45) is 0. The molecule has 0 saturated carbocycles. The van der Waals surface area contributed by atoms with Crippen molar-refractivity contribution in [1.82, 2.24) is 4.98 Å². The van der Waals surface area contributed by atoms with E-state index >= 15 is 0 Å². The first-order valence-electron chi connectivity index (χ1n) is 8.00. The third-order valence-corrected chi connectivity index (χ3v) is 3.42. The fraction of sp³-hybridized carbons (Fsp3) is 0.250. The van der Waals surface area contributed by atoms with E-state index in [1.165, 1.54) is 0 Å². The molecule has 0 bridgehead atoms. The van der Waals surface area contributed by atoms with Crippen LogP contribution in [0.5, 0.6) is 0 Å². The van der Waals surface area contributed by atoms with Gasteiger partial charge in [0, 0.05) is 7.06 Å². The van der Waals surface area contributed by atoms with Gasteiger partial charge in [0.2, 0.25) is 0 Å². The number of hydrogen-bond donors (Lipinski definition) is 3. The number of H-pyrrole nitrogens is 1. The Kier molecular flexibility index (Phi) is 11.5. The molecule has 0 amide bonds. The number of rotatable bonds is 1. The molecular formula is C20H27IN2O5. The van der Waals surface area contributed by atoms with Gasteiger partial charge >= 0.3 is 17.4 Å². The number of anilines is 1. The fourth-order valence-corrected chi connectivity index (χ4v) is 2.30. The number of alkyl halides is 1. The van der Waals surface area contributed by atoms with Gasteiger partial charge in [0.1, 0.15) is 0 Å². The van der Waals surface area contributed by atoms with Gasteiger partial charge in [-0.1, -0.05) is 61.7 Å². The van der Waals surface area contributed by atoms with E-state index in [1.54, 1.807) is 50.2 Å². The van der Waals surface area contributed by atoms with Gasteiger partial charge < -0.3 is 15.3 Å². The first-order chi connectivity index (χ1) is 12.7. The van der Waals surface area contributed by atoms with Crippen LogP contribution < -0.4 is 17.1 Å². The van der Waals surface area contributed by atoms with E-state index in [-0.39, 0.29) is 20.4 Å².